The molecule has 1 aromatic rings. The lowest BCUT2D eigenvalue weighted by Crippen LogP contribution is -2.35. The molecule has 1 aliphatic rings. The fourth-order valence-corrected chi connectivity index (χ4v) is 3.00. The normalized spacial score (nSPS) is 22.6. The molecule has 2 atom stereocenters. The van der Waals surface area contributed by atoms with Crippen molar-refractivity contribution in [3.63, 3.8) is 0 Å². The van der Waals surface area contributed by atoms with Gasteiger partial charge < -0.3 is 10.0 Å². The lowest BCUT2D eigenvalue weighted by atomic mass is 9.90. The highest BCUT2D eigenvalue weighted by atomic mass is 35.5. The summed E-state index contributed by atoms with van der Waals surface area (Å²) in [6, 6.07) is 7.65. The second-order valence-electron chi connectivity index (χ2n) is 6.57. The van der Waals surface area contributed by atoms with Crippen molar-refractivity contribution in [3.8, 4) is 0 Å². The molecule has 0 bridgehead atoms. The van der Waals surface area contributed by atoms with E-state index in [2.05, 4.69) is 0 Å². The van der Waals surface area contributed by atoms with Crippen molar-refractivity contribution in [2.45, 2.75) is 33.1 Å². The second kappa shape index (κ2) is 6.69. The van der Waals surface area contributed by atoms with E-state index in [0.717, 1.165) is 12.0 Å². The summed E-state index contributed by atoms with van der Waals surface area (Å²) < 4.78 is 0. The Labute approximate surface area is 136 Å². The van der Waals surface area contributed by atoms with Gasteiger partial charge in [0, 0.05) is 24.5 Å². The van der Waals surface area contributed by atoms with Gasteiger partial charge in [-0.3, -0.25) is 9.59 Å². The molecule has 0 spiro atoms. The van der Waals surface area contributed by atoms with Gasteiger partial charge in [-0.15, -0.1) is 0 Å². The summed E-state index contributed by atoms with van der Waals surface area (Å²) in [6.07, 6.45) is 1.78. The summed E-state index contributed by atoms with van der Waals surface area (Å²) in [5.41, 5.74) is 0.358. The molecule has 1 N–H and O–H groups in total. The first-order valence-corrected chi connectivity index (χ1v) is 7.93. The number of carbonyl (C=O) groups excluding carboxylic acids is 1. The Bertz CT molecular complexity index is 558. The zero-order valence-electron chi connectivity index (χ0n) is 13.0. The second-order valence-corrected chi connectivity index (χ2v) is 7.01. The summed E-state index contributed by atoms with van der Waals surface area (Å²) in [7, 11) is 0. The molecule has 1 aromatic carbocycles. The van der Waals surface area contributed by atoms with Gasteiger partial charge in [0.15, 0.2) is 0 Å². The quantitative estimate of drug-likeness (QED) is 0.905. The molecule has 1 fully saturated rings. The number of carboxylic acid groups (broad SMARTS) is 1. The average molecular weight is 324 g/mol. The monoisotopic (exact) mass is 323 g/mol. The molecule has 1 saturated heterocycles. The first-order valence-electron chi connectivity index (χ1n) is 7.56. The molecule has 2 rings (SSSR count). The van der Waals surface area contributed by atoms with Gasteiger partial charge in [0.2, 0.25) is 5.91 Å². The summed E-state index contributed by atoms with van der Waals surface area (Å²) in [5, 5.41) is 9.93. The summed E-state index contributed by atoms with van der Waals surface area (Å²) in [5.74, 6) is -0.561. The summed E-state index contributed by atoms with van der Waals surface area (Å²) in [6.45, 7) is 4.60. The van der Waals surface area contributed by atoms with Crippen LogP contribution in [0.1, 0.15) is 32.3 Å². The number of rotatable bonds is 5. The lowest BCUT2D eigenvalue weighted by Gasteiger charge is -2.21. The van der Waals surface area contributed by atoms with Gasteiger partial charge in [-0.25, -0.2) is 0 Å². The van der Waals surface area contributed by atoms with Crippen molar-refractivity contribution < 1.29 is 14.7 Å². The Morgan fingerprint density at radius 1 is 1.36 bits per heavy atom. The largest absolute Gasteiger partial charge is 0.481 e. The number of aliphatic carboxylic acids is 1. The number of likely N-dealkylation sites (tertiary alicyclic amines) is 1. The van der Waals surface area contributed by atoms with E-state index in [0.29, 0.717) is 31.0 Å². The summed E-state index contributed by atoms with van der Waals surface area (Å²) in [4.78, 5) is 25.2. The highest BCUT2D eigenvalue weighted by molar-refractivity contribution is 6.30. The van der Waals surface area contributed by atoms with E-state index < -0.39 is 11.4 Å². The van der Waals surface area contributed by atoms with Crippen molar-refractivity contribution in [3.05, 3.63) is 34.9 Å². The maximum atomic E-state index is 12.3. The van der Waals surface area contributed by atoms with Crippen molar-refractivity contribution in [2.75, 3.05) is 13.1 Å². The highest BCUT2D eigenvalue weighted by Crippen LogP contribution is 2.31. The first kappa shape index (κ1) is 16.8. The molecule has 2 unspecified atom stereocenters. The Balaban J connectivity index is 1.87. The summed E-state index contributed by atoms with van der Waals surface area (Å²) >= 11 is 5.86. The molecule has 4 nitrogen and oxygen atoms in total. The van der Waals surface area contributed by atoms with Crippen LogP contribution in [0.2, 0.25) is 5.02 Å². The SMILES string of the molecule is CC(CC(=O)N1CCC(C)(C(=O)O)C1)Cc1ccc(Cl)cc1. The van der Waals surface area contributed by atoms with Crippen LogP contribution in [0.25, 0.3) is 0 Å². The molecular weight excluding hydrogens is 302 g/mol. The Morgan fingerprint density at radius 3 is 2.55 bits per heavy atom. The molecule has 1 aliphatic heterocycles. The maximum Gasteiger partial charge on any atom is 0.311 e. The van der Waals surface area contributed by atoms with E-state index >= 15 is 0 Å². The van der Waals surface area contributed by atoms with E-state index in [1.807, 2.05) is 31.2 Å². The zero-order chi connectivity index (χ0) is 16.3. The van der Waals surface area contributed by atoms with Gasteiger partial charge in [0.1, 0.15) is 0 Å². The number of halogens is 1. The van der Waals surface area contributed by atoms with Gasteiger partial charge in [-0.2, -0.15) is 0 Å². The minimum Gasteiger partial charge on any atom is -0.481 e. The third-order valence-electron chi connectivity index (χ3n) is 4.36. The highest BCUT2D eigenvalue weighted by Gasteiger charge is 2.42. The predicted molar refractivity (Wildman–Crippen MR) is 85.9 cm³/mol. The smallest absolute Gasteiger partial charge is 0.311 e. The van der Waals surface area contributed by atoms with Crippen molar-refractivity contribution in [1.82, 2.24) is 4.90 Å². The molecule has 22 heavy (non-hydrogen) atoms. The van der Waals surface area contributed by atoms with Crippen molar-refractivity contribution >= 4 is 23.5 Å². The van der Waals surface area contributed by atoms with Crippen molar-refractivity contribution in [2.24, 2.45) is 11.3 Å². The van der Waals surface area contributed by atoms with Gasteiger partial charge >= 0.3 is 5.97 Å². The number of hydrogen-bond donors (Lipinski definition) is 1. The van der Waals surface area contributed by atoms with Gasteiger partial charge in [-0.05, 0) is 43.4 Å². The molecule has 0 aromatic heterocycles. The Kier molecular flexibility index (Phi) is 5.12. The number of hydrogen-bond acceptors (Lipinski definition) is 2. The number of benzene rings is 1. The first-order chi connectivity index (χ1) is 10.3. The molecule has 5 heteroatoms. The topological polar surface area (TPSA) is 57.6 Å². The van der Waals surface area contributed by atoms with Crippen LogP contribution in [-0.2, 0) is 16.0 Å². The van der Waals surface area contributed by atoms with Crippen LogP contribution in [0.3, 0.4) is 0 Å². The van der Waals surface area contributed by atoms with Crippen LogP contribution >= 0.6 is 11.6 Å². The van der Waals surface area contributed by atoms with E-state index in [1.54, 1.807) is 11.8 Å². The molecule has 1 heterocycles. The number of carbonyl (C=O) groups is 2. The van der Waals surface area contributed by atoms with Crippen LogP contribution < -0.4 is 0 Å². The molecule has 120 valence electrons. The number of amides is 1. The van der Waals surface area contributed by atoms with Crippen LogP contribution in [0.4, 0.5) is 0 Å². The fraction of sp³-hybridized carbons (Fsp3) is 0.529. The Hall–Kier alpha value is -1.55. The Morgan fingerprint density at radius 2 is 2.00 bits per heavy atom. The fourth-order valence-electron chi connectivity index (χ4n) is 2.87. The predicted octanol–water partition coefficient (Wildman–Crippen LogP) is 3.23. The maximum absolute atomic E-state index is 12.3. The van der Waals surface area contributed by atoms with Crippen LogP contribution in [0, 0.1) is 11.3 Å². The number of carboxylic acids is 1. The molecule has 0 saturated carbocycles. The van der Waals surface area contributed by atoms with Crippen LogP contribution in [0.5, 0.6) is 0 Å². The van der Waals surface area contributed by atoms with Gasteiger partial charge in [-0.1, -0.05) is 30.7 Å². The third kappa shape index (κ3) is 4.01. The van der Waals surface area contributed by atoms with E-state index in [9.17, 15) is 14.7 Å². The van der Waals surface area contributed by atoms with E-state index in [-0.39, 0.29) is 11.8 Å². The number of nitrogens with zero attached hydrogens (tertiary/aromatic N) is 1. The zero-order valence-corrected chi connectivity index (χ0v) is 13.8. The minimum atomic E-state index is -0.822. The molecule has 0 aliphatic carbocycles. The van der Waals surface area contributed by atoms with Crippen molar-refractivity contribution in [1.29, 1.82) is 0 Å². The average Bonchev–Trinajstić information content (AvgIpc) is 2.85. The molecular formula is C17H22ClNO3. The van der Waals surface area contributed by atoms with Crippen LogP contribution in [-0.4, -0.2) is 35.0 Å². The molecule has 0 radical (unpaired) electrons. The lowest BCUT2D eigenvalue weighted by molar-refractivity contribution is -0.147. The third-order valence-corrected chi connectivity index (χ3v) is 4.61. The molecule has 1 amide bonds. The standard InChI is InChI=1S/C17H22ClNO3/c1-12(9-13-3-5-14(18)6-4-13)10-15(20)19-8-7-17(2,11-19)16(21)22/h3-6,12H,7-11H2,1-2H3,(H,21,22). The van der Waals surface area contributed by atoms with E-state index in [4.69, 9.17) is 11.6 Å². The van der Waals surface area contributed by atoms with E-state index in [1.165, 1.54) is 0 Å². The minimum absolute atomic E-state index is 0.0476. The van der Waals surface area contributed by atoms with Crippen LogP contribution in [0.15, 0.2) is 24.3 Å². The van der Waals surface area contributed by atoms with Gasteiger partial charge in [0.25, 0.3) is 0 Å². The van der Waals surface area contributed by atoms with Gasteiger partial charge in [0.05, 0.1) is 5.41 Å².